The monoisotopic (exact) mass is 407 g/mol. The van der Waals surface area contributed by atoms with Gasteiger partial charge in [-0.25, -0.2) is 9.79 Å². The molecule has 2 aromatic rings. The van der Waals surface area contributed by atoms with Crippen LogP contribution in [0.5, 0.6) is 0 Å². The first-order chi connectivity index (χ1) is 14.7. The topological polar surface area (TPSA) is 72.8 Å². The van der Waals surface area contributed by atoms with Gasteiger partial charge in [0.25, 0.3) is 6.02 Å². The van der Waals surface area contributed by atoms with Crippen LogP contribution in [0.4, 0.5) is 5.69 Å². The molecule has 0 amide bonds. The number of hydrogen-bond donors (Lipinski definition) is 1. The van der Waals surface area contributed by atoms with Crippen molar-refractivity contribution in [1.82, 2.24) is 4.98 Å². The van der Waals surface area contributed by atoms with Crippen molar-refractivity contribution in [2.75, 3.05) is 18.5 Å². The van der Waals surface area contributed by atoms with Crippen LogP contribution in [0.1, 0.15) is 60.7 Å². The van der Waals surface area contributed by atoms with E-state index in [1.54, 1.807) is 19.2 Å². The second-order valence-electron chi connectivity index (χ2n) is 7.64. The summed E-state index contributed by atoms with van der Waals surface area (Å²) in [6.07, 6.45) is 7.40. The van der Waals surface area contributed by atoms with Gasteiger partial charge in [-0.15, -0.1) is 0 Å². The number of amidine groups is 1. The van der Waals surface area contributed by atoms with Crippen LogP contribution in [0.25, 0.3) is 0 Å². The van der Waals surface area contributed by atoms with Gasteiger partial charge in [0, 0.05) is 18.4 Å². The summed E-state index contributed by atoms with van der Waals surface area (Å²) in [5, 5.41) is 3.47. The molecule has 6 heteroatoms. The fourth-order valence-corrected chi connectivity index (χ4v) is 4.41. The third-order valence-electron chi connectivity index (χ3n) is 5.69. The van der Waals surface area contributed by atoms with Crippen LogP contribution in [0, 0.1) is 0 Å². The number of carbonyl (C=O) groups excluding carboxylic acids is 1. The SMILES string of the molecule is CCN=C(Nc1c2c(cc3c1CCC3)CCC2)OC(C(=O)OCC)c1ccccn1. The van der Waals surface area contributed by atoms with E-state index in [1.165, 1.54) is 35.1 Å². The van der Waals surface area contributed by atoms with Crippen LogP contribution in [0.3, 0.4) is 0 Å². The highest BCUT2D eigenvalue weighted by Gasteiger charge is 2.29. The highest BCUT2D eigenvalue weighted by Crippen LogP contribution is 2.38. The van der Waals surface area contributed by atoms with E-state index in [2.05, 4.69) is 21.4 Å². The Hall–Kier alpha value is -2.89. The van der Waals surface area contributed by atoms with Crippen molar-refractivity contribution in [3.8, 4) is 0 Å². The molecule has 30 heavy (non-hydrogen) atoms. The third kappa shape index (κ3) is 4.18. The summed E-state index contributed by atoms with van der Waals surface area (Å²) in [4.78, 5) is 21.5. The molecule has 158 valence electrons. The van der Waals surface area contributed by atoms with Gasteiger partial charge in [0.1, 0.15) is 0 Å². The molecule has 0 saturated heterocycles. The van der Waals surface area contributed by atoms with E-state index in [0.717, 1.165) is 31.4 Å². The summed E-state index contributed by atoms with van der Waals surface area (Å²) < 4.78 is 11.4. The van der Waals surface area contributed by atoms with E-state index in [-0.39, 0.29) is 6.61 Å². The van der Waals surface area contributed by atoms with Gasteiger partial charge >= 0.3 is 5.97 Å². The zero-order valence-corrected chi connectivity index (χ0v) is 17.7. The van der Waals surface area contributed by atoms with Crippen molar-refractivity contribution in [1.29, 1.82) is 0 Å². The average molecular weight is 408 g/mol. The molecule has 2 aliphatic carbocycles. The molecule has 1 unspecified atom stereocenters. The molecule has 0 fully saturated rings. The van der Waals surface area contributed by atoms with Gasteiger partial charge < -0.3 is 14.8 Å². The molecular formula is C24H29N3O3. The predicted molar refractivity (Wildman–Crippen MR) is 117 cm³/mol. The van der Waals surface area contributed by atoms with Gasteiger partial charge in [-0.05, 0) is 86.8 Å². The first kappa shape index (κ1) is 20.4. The number of aryl methyl sites for hydroxylation is 2. The number of ether oxygens (including phenoxy) is 2. The Balaban J connectivity index is 1.65. The number of carbonyl (C=O) groups is 1. The van der Waals surface area contributed by atoms with E-state index in [4.69, 9.17) is 9.47 Å². The molecule has 0 radical (unpaired) electrons. The molecule has 1 atom stereocenters. The molecule has 1 heterocycles. The fourth-order valence-electron chi connectivity index (χ4n) is 4.41. The number of rotatable bonds is 6. The Morgan fingerprint density at radius 2 is 1.87 bits per heavy atom. The predicted octanol–water partition coefficient (Wildman–Crippen LogP) is 4.17. The maximum Gasteiger partial charge on any atom is 0.353 e. The van der Waals surface area contributed by atoms with Crippen molar-refractivity contribution in [2.24, 2.45) is 4.99 Å². The van der Waals surface area contributed by atoms with Crippen molar-refractivity contribution in [2.45, 2.75) is 58.5 Å². The number of benzene rings is 1. The Bertz CT molecular complexity index is 908. The molecule has 1 aromatic carbocycles. The van der Waals surface area contributed by atoms with Crippen molar-refractivity contribution in [3.63, 3.8) is 0 Å². The zero-order valence-electron chi connectivity index (χ0n) is 17.7. The number of nitrogens with one attached hydrogen (secondary N) is 1. The van der Waals surface area contributed by atoms with Crippen molar-refractivity contribution >= 4 is 17.7 Å². The molecule has 6 nitrogen and oxygen atoms in total. The van der Waals surface area contributed by atoms with Crippen LogP contribution in [-0.2, 0) is 40.0 Å². The molecular weight excluding hydrogens is 378 g/mol. The molecule has 0 spiro atoms. The number of pyridine rings is 1. The second kappa shape index (κ2) is 9.28. The molecule has 0 aliphatic heterocycles. The fraction of sp³-hybridized carbons (Fsp3) is 0.458. The van der Waals surface area contributed by atoms with Gasteiger partial charge in [0.2, 0.25) is 6.10 Å². The Morgan fingerprint density at radius 3 is 2.47 bits per heavy atom. The van der Waals surface area contributed by atoms with Crippen molar-refractivity contribution < 1.29 is 14.3 Å². The van der Waals surface area contributed by atoms with Crippen LogP contribution in [-0.4, -0.2) is 30.1 Å². The lowest BCUT2D eigenvalue weighted by atomic mass is 9.99. The number of anilines is 1. The van der Waals surface area contributed by atoms with Crippen molar-refractivity contribution in [3.05, 3.63) is 58.4 Å². The highest BCUT2D eigenvalue weighted by atomic mass is 16.6. The number of hydrogen-bond acceptors (Lipinski definition) is 5. The summed E-state index contributed by atoms with van der Waals surface area (Å²) in [7, 11) is 0. The number of fused-ring (bicyclic) bond motifs is 2. The van der Waals surface area contributed by atoms with E-state index in [0.29, 0.717) is 18.3 Å². The largest absolute Gasteiger partial charge is 0.463 e. The first-order valence-corrected chi connectivity index (χ1v) is 10.9. The lowest BCUT2D eigenvalue weighted by Crippen LogP contribution is -2.27. The summed E-state index contributed by atoms with van der Waals surface area (Å²) in [5.74, 6) is -0.467. The standard InChI is InChI=1S/C24H29N3O3/c1-3-25-24(30-22(23(28)29-4-2)20-13-5-6-14-26-20)27-21-18-11-7-9-16(18)15-17-10-8-12-19(17)21/h5-6,13-15,22H,3-4,7-12H2,1-2H3,(H,25,27). The molecule has 1 aromatic heterocycles. The quantitative estimate of drug-likeness (QED) is 0.442. The van der Waals surface area contributed by atoms with Gasteiger partial charge in [-0.3, -0.25) is 4.98 Å². The Morgan fingerprint density at radius 1 is 1.13 bits per heavy atom. The summed E-state index contributed by atoms with van der Waals surface area (Å²) in [6.45, 7) is 4.55. The molecule has 0 saturated carbocycles. The van der Waals surface area contributed by atoms with E-state index in [9.17, 15) is 4.79 Å². The number of nitrogens with zero attached hydrogens (tertiary/aromatic N) is 2. The van der Waals surface area contributed by atoms with E-state index in [1.807, 2.05) is 19.1 Å². The van der Waals surface area contributed by atoms with Crippen LogP contribution < -0.4 is 5.32 Å². The maximum atomic E-state index is 12.6. The average Bonchev–Trinajstić information content (AvgIpc) is 3.42. The number of aromatic nitrogens is 1. The Kier molecular flexibility index (Phi) is 6.31. The van der Waals surface area contributed by atoms with E-state index >= 15 is 0 Å². The highest BCUT2D eigenvalue weighted by molar-refractivity contribution is 5.93. The van der Waals surface area contributed by atoms with Gasteiger partial charge in [0.15, 0.2) is 0 Å². The minimum absolute atomic E-state index is 0.277. The van der Waals surface area contributed by atoms with E-state index < -0.39 is 12.1 Å². The Labute approximate surface area is 177 Å². The van der Waals surface area contributed by atoms with Gasteiger partial charge in [-0.1, -0.05) is 12.1 Å². The third-order valence-corrected chi connectivity index (χ3v) is 5.69. The lowest BCUT2D eigenvalue weighted by molar-refractivity contribution is -0.152. The summed E-state index contributed by atoms with van der Waals surface area (Å²) >= 11 is 0. The van der Waals surface area contributed by atoms with Crippen LogP contribution in [0.15, 0.2) is 35.5 Å². The number of aliphatic imine (C=N–C) groups is 1. The van der Waals surface area contributed by atoms with Gasteiger partial charge in [-0.2, -0.15) is 0 Å². The normalized spacial score (nSPS) is 16.0. The summed E-state index contributed by atoms with van der Waals surface area (Å²) in [6, 6.07) is 8.14. The van der Waals surface area contributed by atoms with Gasteiger partial charge in [0.05, 0.1) is 12.3 Å². The van der Waals surface area contributed by atoms with Crippen LogP contribution >= 0.6 is 0 Å². The molecule has 2 aliphatic rings. The summed E-state index contributed by atoms with van der Waals surface area (Å²) in [5.41, 5.74) is 7.24. The molecule has 1 N–H and O–H groups in total. The molecule has 4 rings (SSSR count). The maximum absolute atomic E-state index is 12.6. The smallest absolute Gasteiger partial charge is 0.353 e. The minimum atomic E-state index is -0.964. The second-order valence-corrected chi connectivity index (χ2v) is 7.64. The number of esters is 1. The first-order valence-electron chi connectivity index (χ1n) is 10.9. The van der Waals surface area contributed by atoms with Crippen LogP contribution in [0.2, 0.25) is 0 Å². The molecule has 0 bridgehead atoms. The zero-order chi connectivity index (χ0) is 20.9. The minimum Gasteiger partial charge on any atom is -0.463 e. The lowest BCUT2D eigenvalue weighted by Gasteiger charge is -2.22.